The highest BCUT2D eigenvalue weighted by molar-refractivity contribution is 6.90. The van der Waals surface area contributed by atoms with E-state index >= 15 is 0 Å². The van der Waals surface area contributed by atoms with E-state index in [1.807, 2.05) is 0 Å². The molecule has 10 heteroatoms. The molecule has 6 nitrogen and oxygen atoms in total. The molecular formula is C19H44O6Si4. The van der Waals surface area contributed by atoms with Gasteiger partial charge in [-0.3, -0.25) is 4.79 Å². The molecule has 0 amide bonds. The van der Waals surface area contributed by atoms with Crippen LogP contribution >= 0.6 is 0 Å². The lowest BCUT2D eigenvalue weighted by Crippen LogP contribution is -2.60. The Morgan fingerprint density at radius 3 is 1.76 bits per heavy atom. The minimum absolute atomic E-state index is 0.0599. The van der Waals surface area contributed by atoms with Crippen LogP contribution in [0.25, 0.3) is 0 Å². The number of carbonyl (C=O) groups excluding carboxylic acids is 1. The Morgan fingerprint density at radius 1 is 0.931 bits per heavy atom. The van der Waals surface area contributed by atoms with Crippen molar-refractivity contribution < 1.29 is 27.0 Å². The first-order valence-corrected chi connectivity index (χ1v) is 22.6. The highest BCUT2D eigenvalue weighted by Crippen LogP contribution is 2.29. The summed E-state index contributed by atoms with van der Waals surface area (Å²) in [5.74, 6) is -0.0599. The third kappa shape index (κ3) is 16.4. The molecule has 0 radical (unpaired) electrons. The lowest BCUT2D eigenvalue weighted by molar-refractivity contribution is -0.115. The summed E-state index contributed by atoms with van der Waals surface area (Å²) in [6.45, 7) is 23.7. The van der Waals surface area contributed by atoms with Gasteiger partial charge in [-0.25, -0.2) is 0 Å². The van der Waals surface area contributed by atoms with Crippen LogP contribution in [0.5, 0.6) is 0 Å². The van der Waals surface area contributed by atoms with Gasteiger partial charge in [-0.15, -0.1) is 0 Å². The van der Waals surface area contributed by atoms with E-state index in [0.717, 1.165) is 12.5 Å². The van der Waals surface area contributed by atoms with Crippen LogP contribution in [-0.2, 0) is 21.9 Å². The zero-order valence-corrected chi connectivity index (χ0v) is 24.1. The summed E-state index contributed by atoms with van der Waals surface area (Å²) in [5, 5.41) is 9.95. The zero-order chi connectivity index (χ0) is 22.9. The molecule has 0 heterocycles. The van der Waals surface area contributed by atoms with E-state index in [-0.39, 0.29) is 12.4 Å². The van der Waals surface area contributed by atoms with Crippen molar-refractivity contribution in [1.82, 2.24) is 0 Å². The number of ether oxygens (including phenoxy) is 1. The van der Waals surface area contributed by atoms with Gasteiger partial charge in [0, 0.05) is 19.1 Å². The summed E-state index contributed by atoms with van der Waals surface area (Å²) in [6.07, 6.45) is 2.08. The largest absolute Gasteiger partial charge is 0.469 e. The van der Waals surface area contributed by atoms with Crippen LogP contribution in [0.3, 0.4) is 0 Å². The van der Waals surface area contributed by atoms with Crippen molar-refractivity contribution in [1.29, 1.82) is 0 Å². The normalized spacial score (nSPS) is 14.7. The number of aliphatic hydroxyl groups excluding tert-OH is 1. The Labute approximate surface area is 182 Å². The van der Waals surface area contributed by atoms with Crippen molar-refractivity contribution in [2.24, 2.45) is 0 Å². The Morgan fingerprint density at radius 2 is 1.38 bits per heavy atom. The van der Waals surface area contributed by atoms with Crippen LogP contribution in [-0.4, -0.2) is 64.0 Å². The number of allylic oxidation sites excluding steroid dienone is 1. The predicted octanol–water partition coefficient (Wildman–Crippen LogP) is 4.78. The summed E-state index contributed by atoms with van der Waals surface area (Å²) in [5.41, 5.74) is 0. The van der Waals surface area contributed by atoms with Crippen LogP contribution in [0.2, 0.25) is 65.0 Å². The molecule has 0 spiro atoms. The summed E-state index contributed by atoms with van der Waals surface area (Å²) in [7, 11) is -8.43. The molecule has 1 atom stereocenters. The fourth-order valence-corrected chi connectivity index (χ4v) is 17.3. The topological polar surface area (TPSA) is 74.2 Å². The fourth-order valence-electron chi connectivity index (χ4n) is 2.72. The van der Waals surface area contributed by atoms with E-state index in [2.05, 4.69) is 65.5 Å². The van der Waals surface area contributed by atoms with Gasteiger partial charge in [-0.05, 0) is 77.8 Å². The average molecular weight is 481 g/mol. The van der Waals surface area contributed by atoms with Crippen LogP contribution in [0, 0.1) is 0 Å². The van der Waals surface area contributed by atoms with Gasteiger partial charge in [0.05, 0.1) is 12.7 Å². The molecule has 0 fully saturated rings. The average Bonchev–Trinajstić information content (AvgIpc) is 2.46. The van der Waals surface area contributed by atoms with E-state index in [0.29, 0.717) is 19.4 Å². The smallest absolute Gasteiger partial charge is 0.417 e. The third-order valence-electron chi connectivity index (χ3n) is 3.42. The number of ketones is 1. The standard InChI is InChI=1S/C19H44O6Si4/c1-11-18(20)13-14-19(21)17-22-15-12-16-29(23-26(2,3)4,24-27(5,6)7)25-28(8,9)10/h11,19,21H,1,12-17H2,2-10H3. The Balaban J connectivity index is 4.90. The number of hydrogen-bond donors (Lipinski definition) is 1. The van der Waals surface area contributed by atoms with Gasteiger partial charge >= 0.3 is 8.80 Å². The monoisotopic (exact) mass is 480 g/mol. The first-order chi connectivity index (χ1) is 13.0. The van der Waals surface area contributed by atoms with Gasteiger partial charge in [-0.2, -0.15) is 0 Å². The van der Waals surface area contributed by atoms with Crippen molar-refractivity contribution in [3.63, 3.8) is 0 Å². The van der Waals surface area contributed by atoms with Crippen molar-refractivity contribution in [2.45, 2.75) is 90.3 Å². The van der Waals surface area contributed by atoms with E-state index in [9.17, 15) is 9.90 Å². The molecule has 0 aromatic rings. The molecule has 172 valence electrons. The van der Waals surface area contributed by atoms with Crippen LogP contribution in [0.4, 0.5) is 0 Å². The third-order valence-corrected chi connectivity index (χ3v) is 15.5. The van der Waals surface area contributed by atoms with Crippen molar-refractivity contribution in [2.75, 3.05) is 13.2 Å². The maximum absolute atomic E-state index is 11.2. The quantitative estimate of drug-likeness (QED) is 0.195. The molecule has 0 rings (SSSR count). The van der Waals surface area contributed by atoms with Crippen molar-refractivity contribution in [3.8, 4) is 0 Å². The molecule has 0 bridgehead atoms. The van der Waals surface area contributed by atoms with Crippen molar-refractivity contribution in [3.05, 3.63) is 12.7 Å². The summed E-state index contributed by atoms with van der Waals surface area (Å²) >= 11 is 0. The van der Waals surface area contributed by atoms with E-state index < -0.39 is 39.9 Å². The lowest BCUT2D eigenvalue weighted by atomic mass is 10.1. The highest BCUT2D eigenvalue weighted by atomic mass is 28.5. The van der Waals surface area contributed by atoms with Gasteiger partial charge in [0.1, 0.15) is 0 Å². The fraction of sp³-hybridized carbons (Fsp3) is 0.842. The Kier molecular flexibility index (Phi) is 12.2. The first kappa shape index (κ1) is 29.1. The Bertz CT molecular complexity index is 468. The van der Waals surface area contributed by atoms with Gasteiger partial charge in [0.25, 0.3) is 0 Å². The summed E-state index contributed by atoms with van der Waals surface area (Å²) in [4.78, 5) is 11.2. The van der Waals surface area contributed by atoms with Gasteiger partial charge in [-0.1, -0.05) is 6.58 Å². The molecule has 1 unspecified atom stereocenters. The maximum atomic E-state index is 11.2. The number of aliphatic hydroxyl groups is 1. The molecule has 0 saturated heterocycles. The summed E-state index contributed by atoms with van der Waals surface area (Å²) in [6, 6.07) is 0.719. The second-order valence-corrected chi connectivity index (χ2v) is 27.4. The number of carbonyl (C=O) groups is 1. The SMILES string of the molecule is C=CC(=O)CCC(O)COCCC[Si](O[Si](C)(C)C)(O[Si](C)(C)C)O[Si](C)(C)C. The summed E-state index contributed by atoms with van der Waals surface area (Å²) < 4.78 is 25.5. The molecule has 0 aliphatic carbocycles. The lowest BCUT2D eigenvalue weighted by Gasteiger charge is -2.42. The molecule has 0 saturated carbocycles. The zero-order valence-electron chi connectivity index (χ0n) is 20.1. The molecule has 0 aromatic heterocycles. The predicted molar refractivity (Wildman–Crippen MR) is 130 cm³/mol. The second-order valence-electron chi connectivity index (χ2n) is 10.4. The van der Waals surface area contributed by atoms with Gasteiger partial charge in [0.2, 0.25) is 0 Å². The van der Waals surface area contributed by atoms with Gasteiger partial charge in [0.15, 0.2) is 30.7 Å². The number of hydrogen-bond acceptors (Lipinski definition) is 6. The van der Waals surface area contributed by atoms with Gasteiger partial charge < -0.3 is 22.2 Å². The van der Waals surface area contributed by atoms with Crippen LogP contribution in [0.1, 0.15) is 19.3 Å². The maximum Gasteiger partial charge on any atom is 0.469 e. The molecule has 1 N–H and O–H groups in total. The molecule has 0 aromatic carbocycles. The second kappa shape index (κ2) is 12.2. The van der Waals surface area contributed by atoms with Crippen molar-refractivity contribution >= 4 is 39.5 Å². The minimum atomic E-state index is -2.83. The molecule has 0 aliphatic rings. The van der Waals surface area contributed by atoms with E-state index in [4.69, 9.17) is 17.1 Å². The number of rotatable bonds is 16. The molecule has 0 aliphatic heterocycles. The van der Waals surface area contributed by atoms with Crippen LogP contribution < -0.4 is 0 Å². The minimum Gasteiger partial charge on any atom is -0.417 e. The molecule has 29 heavy (non-hydrogen) atoms. The van der Waals surface area contributed by atoms with E-state index in [1.165, 1.54) is 6.08 Å². The van der Waals surface area contributed by atoms with E-state index in [1.54, 1.807) is 0 Å². The molecular weight excluding hydrogens is 437 g/mol. The first-order valence-electron chi connectivity index (χ1n) is 10.5. The van der Waals surface area contributed by atoms with Crippen LogP contribution in [0.15, 0.2) is 12.7 Å². The Hall–Kier alpha value is 0.0775. The highest BCUT2D eigenvalue weighted by Gasteiger charge is 2.49.